The van der Waals surface area contributed by atoms with Gasteiger partial charge in [0, 0.05) is 10.6 Å². The Hall–Kier alpha value is -1.56. The van der Waals surface area contributed by atoms with Gasteiger partial charge in [0.1, 0.15) is 18.2 Å². The highest BCUT2D eigenvalue weighted by Gasteiger charge is 2.10. The predicted molar refractivity (Wildman–Crippen MR) is 72.0 cm³/mol. The zero-order valence-electron chi connectivity index (χ0n) is 9.88. The van der Waals surface area contributed by atoms with Crippen molar-refractivity contribution in [3.63, 3.8) is 0 Å². The number of ether oxygens (including phenoxy) is 1. The average Bonchev–Trinajstić information content (AvgIpc) is 2.40. The third-order valence-electron chi connectivity index (χ3n) is 2.58. The van der Waals surface area contributed by atoms with E-state index in [0.29, 0.717) is 21.8 Å². The molecule has 0 aliphatic carbocycles. The number of hydrogen-bond donors (Lipinski definition) is 2. The molecule has 2 rings (SSSR count). The van der Waals surface area contributed by atoms with E-state index in [0.717, 1.165) is 0 Å². The van der Waals surface area contributed by atoms with Gasteiger partial charge >= 0.3 is 7.12 Å². The molecule has 0 bridgehead atoms. The highest BCUT2D eigenvalue weighted by molar-refractivity contribution is 6.58. The summed E-state index contributed by atoms with van der Waals surface area (Å²) in [7, 11) is -1.51. The van der Waals surface area contributed by atoms with Crippen LogP contribution < -0.4 is 10.2 Å². The van der Waals surface area contributed by atoms with Crippen molar-refractivity contribution in [1.82, 2.24) is 0 Å². The fraction of sp³-hybridized carbons (Fsp3) is 0.0769. The van der Waals surface area contributed by atoms with Gasteiger partial charge in [0.15, 0.2) is 0 Å². The van der Waals surface area contributed by atoms with Crippen LogP contribution in [0.1, 0.15) is 5.56 Å². The summed E-state index contributed by atoms with van der Waals surface area (Å²) in [5.74, 6) is 0.121. The van der Waals surface area contributed by atoms with Crippen LogP contribution in [-0.2, 0) is 6.61 Å². The highest BCUT2D eigenvalue weighted by Crippen LogP contribution is 2.17. The molecule has 0 fully saturated rings. The third-order valence-corrected chi connectivity index (χ3v) is 2.82. The number of benzene rings is 2. The van der Waals surface area contributed by atoms with Crippen LogP contribution >= 0.6 is 11.6 Å². The maximum absolute atomic E-state index is 13.4. The zero-order chi connectivity index (χ0) is 13.8. The Kier molecular flexibility index (Phi) is 4.42. The molecule has 2 aromatic rings. The zero-order valence-corrected chi connectivity index (χ0v) is 10.6. The average molecular weight is 280 g/mol. The number of rotatable bonds is 4. The summed E-state index contributed by atoms with van der Waals surface area (Å²) in [5.41, 5.74) is 0.722. The minimum atomic E-state index is -1.51. The quantitative estimate of drug-likeness (QED) is 0.839. The van der Waals surface area contributed by atoms with Crippen molar-refractivity contribution in [1.29, 1.82) is 0 Å². The third kappa shape index (κ3) is 3.70. The molecular formula is C13H11BClFO3. The molecule has 0 radical (unpaired) electrons. The van der Waals surface area contributed by atoms with Crippen LogP contribution in [0.25, 0.3) is 0 Å². The number of hydrogen-bond acceptors (Lipinski definition) is 3. The van der Waals surface area contributed by atoms with Gasteiger partial charge in [0.2, 0.25) is 0 Å². The molecule has 0 aliphatic rings. The Balaban J connectivity index is 2.04. The molecule has 0 atom stereocenters. The Morgan fingerprint density at radius 1 is 1.11 bits per heavy atom. The van der Waals surface area contributed by atoms with Gasteiger partial charge in [-0.05, 0) is 35.8 Å². The molecule has 98 valence electrons. The Morgan fingerprint density at radius 3 is 2.42 bits per heavy atom. The monoisotopic (exact) mass is 280 g/mol. The van der Waals surface area contributed by atoms with Crippen molar-refractivity contribution >= 4 is 24.2 Å². The molecular weight excluding hydrogens is 269 g/mol. The van der Waals surface area contributed by atoms with Crippen LogP contribution in [-0.4, -0.2) is 17.2 Å². The largest absolute Gasteiger partial charge is 0.489 e. The lowest BCUT2D eigenvalue weighted by Crippen LogP contribution is -2.29. The van der Waals surface area contributed by atoms with Gasteiger partial charge in [-0.15, -0.1) is 0 Å². The van der Waals surface area contributed by atoms with E-state index in [2.05, 4.69) is 0 Å². The van der Waals surface area contributed by atoms with Gasteiger partial charge in [0.25, 0.3) is 0 Å². The van der Waals surface area contributed by atoms with Crippen molar-refractivity contribution in [3.05, 3.63) is 58.9 Å². The van der Waals surface area contributed by atoms with E-state index in [1.807, 2.05) is 0 Å². The summed E-state index contributed by atoms with van der Waals surface area (Å²) in [6.45, 7) is 0.0490. The normalized spacial score (nSPS) is 10.3. The fourth-order valence-electron chi connectivity index (χ4n) is 1.55. The molecule has 2 aromatic carbocycles. The van der Waals surface area contributed by atoms with Crippen LogP contribution in [0.15, 0.2) is 42.5 Å². The topological polar surface area (TPSA) is 49.7 Å². The first-order valence-electron chi connectivity index (χ1n) is 5.59. The summed E-state index contributed by atoms with van der Waals surface area (Å²) in [4.78, 5) is 0. The highest BCUT2D eigenvalue weighted by atomic mass is 35.5. The van der Waals surface area contributed by atoms with E-state index in [9.17, 15) is 4.39 Å². The number of halogens is 2. The van der Waals surface area contributed by atoms with Crippen LogP contribution in [0.3, 0.4) is 0 Å². The summed E-state index contributed by atoms with van der Waals surface area (Å²) in [6, 6.07) is 10.5. The second kappa shape index (κ2) is 6.06. The summed E-state index contributed by atoms with van der Waals surface area (Å²) >= 11 is 5.78. The van der Waals surface area contributed by atoms with E-state index in [1.165, 1.54) is 30.3 Å². The van der Waals surface area contributed by atoms with E-state index < -0.39 is 7.12 Å². The second-order valence-electron chi connectivity index (χ2n) is 3.97. The summed E-state index contributed by atoms with van der Waals surface area (Å²) in [6.07, 6.45) is 0. The van der Waals surface area contributed by atoms with Crippen LogP contribution in [0.5, 0.6) is 5.75 Å². The standard InChI is InChI=1S/C13H11BClFO3/c15-11-3-6-13(16)9(7-11)8-19-12-4-1-10(2-5-12)14(17)18/h1-7,17-18H,8H2. The maximum atomic E-state index is 13.4. The molecule has 0 heterocycles. The molecule has 0 unspecified atom stereocenters. The lowest BCUT2D eigenvalue weighted by atomic mass is 9.80. The predicted octanol–water partition coefficient (Wildman–Crippen LogP) is 1.74. The minimum absolute atomic E-state index is 0.0490. The fourth-order valence-corrected chi connectivity index (χ4v) is 1.75. The summed E-state index contributed by atoms with van der Waals surface area (Å²) < 4.78 is 18.8. The summed E-state index contributed by atoms with van der Waals surface area (Å²) in [5, 5.41) is 18.3. The van der Waals surface area contributed by atoms with Gasteiger partial charge in [-0.25, -0.2) is 4.39 Å². The van der Waals surface area contributed by atoms with Crippen LogP contribution in [0, 0.1) is 5.82 Å². The Morgan fingerprint density at radius 2 is 1.79 bits per heavy atom. The molecule has 0 aliphatic heterocycles. The molecule has 0 aromatic heterocycles. The van der Waals surface area contributed by atoms with Crippen molar-refractivity contribution in [2.45, 2.75) is 6.61 Å². The molecule has 2 N–H and O–H groups in total. The lowest BCUT2D eigenvalue weighted by Gasteiger charge is -2.08. The van der Waals surface area contributed by atoms with Gasteiger partial charge in [-0.2, -0.15) is 0 Å². The first-order chi connectivity index (χ1) is 9.06. The van der Waals surface area contributed by atoms with E-state index in [1.54, 1.807) is 12.1 Å². The van der Waals surface area contributed by atoms with Gasteiger partial charge in [-0.3, -0.25) is 0 Å². The lowest BCUT2D eigenvalue weighted by molar-refractivity contribution is 0.300. The maximum Gasteiger partial charge on any atom is 0.488 e. The molecule has 19 heavy (non-hydrogen) atoms. The van der Waals surface area contributed by atoms with Crippen molar-refractivity contribution in [2.24, 2.45) is 0 Å². The molecule has 0 saturated carbocycles. The smallest absolute Gasteiger partial charge is 0.488 e. The molecule has 0 amide bonds. The SMILES string of the molecule is OB(O)c1ccc(OCc2cc(Cl)ccc2F)cc1. The van der Waals surface area contributed by atoms with Gasteiger partial charge in [0.05, 0.1) is 0 Å². The Bertz CT molecular complexity index is 560. The van der Waals surface area contributed by atoms with Crippen LogP contribution in [0.4, 0.5) is 4.39 Å². The van der Waals surface area contributed by atoms with Gasteiger partial charge < -0.3 is 14.8 Å². The molecule has 3 nitrogen and oxygen atoms in total. The van der Waals surface area contributed by atoms with Crippen molar-refractivity contribution in [2.75, 3.05) is 0 Å². The van der Waals surface area contributed by atoms with Crippen LogP contribution in [0.2, 0.25) is 5.02 Å². The second-order valence-corrected chi connectivity index (χ2v) is 4.40. The Labute approximate surface area is 115 Å². The van der Waals surface area contributed by atoms with Crippen molar-refractivity contribution in [3.8, 4) is 5.75 Å². The molecule has 0 saturated heterocycles. The molecule has 6 heteroatoms. The first kappa shape index (κ1) is 13.9. The van der Waals surface area contributed by atoms with E-state index >= 15 is 0 Å². The van der Waals surface area contributed by atoms with Gasteiger partial charge in [-0.1, -0.05) is 23.7 Å². The van der Waals surface area contributed by atoms with E-state index in [4.69, 9.17) is 26.4 Å². The first-order valence-corrected chi connectivity index (χ1v) is 5.97. The minimum Gasteiger partial charge on any atom is -0.489 e. The van der Waals surface area contributed by atoms with Crippen molar-refractivity contribution < 1.29 is 19.2 Å². The van der Waals surface area contributed by atoms with E-state index in [-0.39, 0.29) is 12.4 Å². The molecule has 0 spiro atoms.